The Hall–Kier alpha value is -2.48. The molecule has 1 heterocycles. The number of nitrogens with zero attached hydrogens (tertiary/aromatic N) is 2. The van der Waals surface area contributed by atoms with Crippen molar-refractivity contribution in [3.63, 3.8) is 0 Å². The molecule has 0 fully saturated rings. The van der Waals surface area contributed by atoms with E-state index in [2.05, 4.69) is 15.6 Å². The fourth-order valence-corrected chi connectivity index (χ4v) is 2.96. The minimum atomic E-state index is -0.320. The van der Waals surface area contributed by atoms with E-state index in [0.29, 0.717) is 5.16 Å². The Labute approximate surface area is 157 Å². The van der Waals surface area contributed by atoms with Gasteiger partial charge in [0.2, 0.25) is 11.8 Å². The summed E-state index contributed by atoms with van der Waals surface area (Å²) < 4.78 is 7.05. The van der Waals surface area contributed by atoms with Crippen LogP contribution in [0.1, 0.15) is 20.8 Å². The van der Waals surface area contributed by atoms with Gasteiger partial charge < -0.3 is 15.4 Å². The van der Waals surface area contributed by atoms with Crippen molar-refractivity contribution < 1.29 is 14.3 Å². The van der Waals surface area contributed by atoms with Crippen LogP contribution in [0, 0.1) is 0 Å². The van der Waals surface area contributed by atoms with Crippen molar-refractivity contribution >= 4 is 23.6 Å². The monoisotopic (exact) mass is 376 g/mol. The van der Waals surface area contributed by atoms with E-state index in [1.165, 1.54) is 11.8 Å². The number of thioether (sulfide) groups is 1. The Morgan fingerprint density at radius 3 is 2.50 bits per heavy atom. The number of aromatic nitrogens is 2. The average molecular weight is 376 g/mol. The Bertz CT molecular complexity index is 751. The number of methoxy groups -OCH3 is 1. The van der Waals surface area contributed by atoms with E-state index >= 15 is 0 Å². The molecule has 0 aliphatic rings. The second-order valence-electron chi connectivity index (χ2n) is 6.64. The Morgan fingerprint density at radius 1 is 1.19 bits per heavy atom. The largest absolute Gasteiger partial charge is 0.497 e. The summed E-state index contributed by atoms with van der Waals surface area (Å²) in [6.45, 7) is 5.63. The van der Waals surface area contributed by atoms with Gasteiger partial charge in [0.1, 0.15) is 5.75 Å². The predicted octanol–water partition coefficient (Wildman–Crippen LogP) is 2.00. The first-order chi connectivity index (χ1) is 12.3. The summed E-state index contributed by atoms with van der Waals surface area (Å²) in [5.41, 5.74) is 0.607. The average Bonchev–Trinajstić information content (AvgIpc) is 3.05. The molecular formula is C18H24N4O3S. The zero-order chi connectivity index (χ0) is 19.2. The molecule has 1 aromatic carbocycles. The highest BCUT2D eigenvalue weighted by molar-refractivity contribution is 7.99. The van der Waals surface area contributed by atoms with Crippen LogP contribution >= 0.6 is 11.8 Å². The maximum absolute atomic E-state index is 12.0. The summed E-state index contributed by atoms with van der Waals surface area (Å²) in [7, 11) is 1.62. The molecule has 0 spiro atoms. The number of hydrogen-bond donors (Lipinski definition) is 2. The number of ether oxygens (including phenoxy) is 1. The van der Waals surface area contributed by atoms with Crippen molar-refractivity contribution in [2.45, 2.75) is 31.5 Å². The van der Waals surface area contributed by atoms with Crippen LogP contribution in [0.5, 0.6) is 5.75 Å². The first-order valence-electron chi connectivity index (χ1n) is 8.17. The molecule has 140 valence electrons. The molecule has 26 heavy (non-hydrogen) atoms. The van der Waals surface area contributed by atoms with E-state index in [1.54, 1.807) is 13.3 Å². The number of rotatable bonds is 7. The lowest BCUT2D eigenvalue weighted by atomic mass is 10.1. The minimum Gasteiger partial charge on any atom is -0.497 e. The van der Waals surface area contributed by atoms with Gasteiger partial charge in [0, 0.05) is 23.6 Å². The highest BCUT2D eigenvalue weighted by atomic mass is 32.2. The molecule has 2 aromatic rings. The lowest BCUT2D eigenvalue weighted by molar-refractivity contribution is -0.125. The zero-order valence-corrected chi connectivity index (χ0v) is 16.2. The number of hydrogen-bond acceptors (Lipinski definition) is 5. The van der Waals surface area contributed by atoms with E-state index < -0.39 is 0 Å². The molecule has 2 amide bonds. The van der Waals surface area contributed by atoms with Crippen LogP contribution in [0.25, 0.3) is 5.69 Å². The molecule has 0 aliphatic carbocycles. The fourth-order valence-electron chi connectivity index (χ4n) is 2.16. The molecule has 0 unspecified atom stereocenters. The minimum absolute atomic E-state index is 0.0381. The van der Waals surface area contributed by atoms with Gasteiger partial charge in [0.25, 0.3) is 0 Å². The Kier molecular flexibility index (Phi) is 6.68. The van der Waals surface area contributed by atoms with Gasteiger partial charge in [-0.15, -0.1) is 0 Å². The van der Waals surface area contributed by atoms with Crippen LogP contribution in [-0.4, -0.2) is 46.3 Å². The first kappa shape index (κ1) is 19.8. The molecule has 0 atom stereocenters. The van der Waals surface area contributed by atoms with E-state index in [0.717, 1.165) is 11.4 Å². The summed E-state index contributed by atoms with van der Waals surface area (Å²) in [5, 5.41) is 6.11. The lowest BCUT2D eigenvalue weighted by Gasteiger charge is -2.20. The van der Waals surface area contributed by atoms with Crippen molar-refractivity contribution in [1.82, 2.24) is 20.2 Å². The normalized spacial score (nSPS) is 11.1. The molecule has 0 radical (unpaired) electrons. The fraction of sp³-hybridized carbons (Fsp3) is 0.389. The summed E-state index contributed by atoms with van der Waals surface area (Å²) in [5.74, 6) is 0.519. The first-order valence-corrected chi connectivity index (χ1v) is 9.15. The Morgan fingerprint density at radius 2 is 1.88 bits per heavy atom. The smallest absolute Gasteiger partial charge is 0.239 e. The Balaban J connectivity index is 1.87. The van der Waals surface area contributed by atoms with Crippen LogP contribution in [0.2, 0.25) is 0 Å². The van der Waals surface area contributed by atoms with Crippen LogP contribution in [-0.2, 0) is 9.59 Å². The number of benzene rings is 1. The van der Waals surface area contributed by atoms with Gasteiger partial charge >= 0.3 is 0 Å². The van der Waals surface area contributed by atoms with Gasteiger partial charge in [-0.1, -0.05) is 11.8 Å². The molecular weight excluding hydrogens is 352 g/mol. The molecule has 8 heteroatoms. The van der Waals surface area contributed by atoms with Crippen LogP contribution in [0.15, 0.2) is 41.8 Å². The number of carbonyl (C=O) groups is 2. The van der Waals surface area contributed by atoms with Gasteiger partial charge in [0.15, 0.2) is 5.16 Å². The van der Waals surface area contributed by atoms with E-state index in [9.17, 15) is 9.59 Å². The molecule has 0 aliphatic heterocycles. The van der Waals surface area contributed by atoms with Gasteiger partial charge in [-0.05, 0) is 45.0 Å². The number of nitrogens with one attached hydrogen (secondary N) is 2. The van der Waals surface area contributed by atoms with Gasteiger partial charge in [0.05, 0.1) is 19.4 Å². The molecule has 0 saturated carbocycles. The third-order valence-corrected chi connectivity index (χ3v) is 4.22. The lowest BCUT2D eigenvalue weighted by Crippen LogP contribution is -2.46. The van der Waals surface area contributed by atoms with Crippen molar-refractivity contribution in [3.8, 4) is 11.4 Å². The van der Waals surface area contributed by atoms with Gasteiger partial charge in [-0.2, -0.15) is 0 Å². The molecule has 2 N–H and O–H groups in total. The second-order valence-corrected chi connectivity index (χ2v) is 7.58. The van der Waals surface area contributed by atoms with Gasteiger partial charge in [-0.25, -0.2) is 4.98 Å². The molecule has 0 bridgehead atoms. The molecule has 1 aromatic heterocycles. The highest BCUT2D eigenvalue weighted by Crippen LogP contribution is 2.22. The van der Waals surface area contributed by atoms with Crippen molar-refractivity contribution in [3.05, 3.63) is 36.7 Å². The van der Waals surface area contributed by atoms with Crippen molar-refractivity contribution in [1.29, 1.82) is 0 Å². The number of carbonyl (C=O) groups excluding carboxylic acids is 2. The molecule has 7 nitrogen and oxygen atoms in total. The summed E-state index contributed by atoms with van der Waals surface area (Å²) in [4.78, 5) is 28.0. The third-order valence-electron chi connectivity index (χ3n) is 3.25. The van der Waals surface area contributed by atoms with Crippen molar-refractivity contribution in [2.24, 2.45) is 0 Å². The van der Waals surface area contributed by atoms with Crippen molar-refractivity contribution in [2.75, 3.05) is 19.4 Å². The maximum atomic E-state index is 12.0. The number of amides is 2. The standard InChI is InChI=1S/C18H24N4O3S/c1-18(2,3)21-15(23)11-20-16(24)12-26-17-19-9-10-22(17)13-5-7-14(25-4)8-6-13/h5-10H,11-12H2,1-4H3,(H,20,24)(H,21,23). The molecule has 2 rings (SSSR count). The topological polar surface area (TPSA) is 85.2 Å². The summed E-state index contributed by atoms with van der Waals surface area (Å²) in [6.07, 6.45) is 3.51. The van der Waals surface area contributed by atoms with Crippen LogP contribution in [0.3, 0.4) is 0 Å². The zero-order valence-electron chi connectivity index (χ0n) is 15.4. The highest BCUT2D eigenvalue weighted by Gasteiger charge is 2.15. The van der Waals surface area contributed by atoms with E-state index in [-0.39, 0.29) is 29.7 Å². The van der Waals surface area contributed by atoms with Gasteiger partial charge in [-0.3, -0.25) is 14.2 Å². The SMILES string of the molecule is COc1ccc(-n2ccnc2SCC(=O)NCC(=O)NC(C)(C)C)cc1. The number of imidazole rings is 1. The summed E-state index contributed by atoms with van der Waals surface area (Å²) in [6, 6.07) is 7.57. The summed E-state index contributed by atoms with van der Waals surface area (Å²) >= 11 is 1.31. The van der Waals surface area contributed by atoms with E-state index in [1.807, 2.05) is 55.8 Å². The van der Waals surface area contributed by atoms with Crippen LogP contribution < -0.4 is 15.4 Å². The van der Waals surface area contributed by atoms with Crippen LogP contribution in [0.4, 0.5) is 0 Å². The third kappa shape index (κ3) is 6.11. The van der Waals surface area contributed by atoms with E-state index in [4.69, 9.17) is 4.74 Å². The molecule has 0 saturated heterocycles. The second kappa shape index (κ2) is 8.75. The maximum Gasteiger partial charge on any atom is 0.239 e. The quantitative estimate of drug-likeness (QED) is 0.722. The predicted molar refractivity (Wildman–Crippen MR) is 102 cm³/mol.